The van der Waals surface area contributed by atoms with E-state index in [2.05, 4.69) is 47.0 Å². The number of benzene rings is 1. The molecule has 1 saturated heterocycles. The van der Waals surface area contributed by atoms with Gasteiger partial charge >= 0.3 is 0 Å². The lowest BCUT2D eigenvalue weighted by Crippen LogP contribution is -2.44. The largest absolute Gasteiger partial charge is 0.502 e. The van der Waals surface area contributed by atoms with Crippen molar-refractivity contribution in [3.8, 4) is 17.2 Å². The molecule has 0 bridgehead atoms. The highest BCUT2D eigenvalue weighted by Crippen LogP contribution is 2.38. The first-order chi connectivity index (χ1) is 15.1. The zero-order valence-electron chi connectivity index (χ0n) is 18.9. The van der Waals surface area contributed by atoms with Gasteiger partial charge in [-0.05, 0) is 68.4 Å². The summed E-state index contributed by atoms with van der Waals surface area (Å²) < 4.78 is 10.5. The summed E-state index contributed by atoms with van der Waals surface area (Å²) in [6, 6.07) is 8.39. The molecule has 170 valence electrons. The third kappa shape index (κ3) is 5.83. The minimum atomic E-state index is 0.00352. The summed E-state index contributed by atoms with van der Waals surface area (Å²) in [5.41, 5.74) is 0.901. The molecule has 0 saturated carbocycles. The van der Waals surface area contributed by atoms with Crippen molar-refractivity contribution < 1.29 is 14.6 Å². The van der Waals surface area contributed by atoms with Crippen LogP contribution in [0.1, 0.15) is 36.2 Å². The van der Waals surface area contributed by atoms with Crippen molar-refractivity contribution in [1.29, 1.82) is 0 Å². The fourth-order valence-electron chi connectivity index (χ4n) is 4.16. The second-order valence-electron chi connectivity index (χ2n) is 7.77. The van der Waals surface area contributed by atoms with Crippen LogP contribution >= 0.6 is 11.3 Å². The molecule has 3 N–H and O–H groups in total. The Hall–Kier alpha value is -2.45. The van der Waals surface area contributed by atoms with Crippen LogP contribution in [-0.4, -0.2) is 56.9 Å². The average Bonchev–Trinajstić information content (AvgIpc) is 3.30. The number of likely N-dealkylation sites (tertiary alicyclic amines) is 1. The van der Waals surface area contributed by atoms with Crippen LogP contribution in [0.15, 0.2) is 34.6 Å². The van der Waals surface area contributed by atoms with Crippen LogP contribution in [0.3, 0.4) is 0 Å². The molecule has 0 aliphatic carbocycles. The normalized spacial score (nSPS) is 19.8. The number of nitrogens with zero attached hydrogens (tertiary/aromatic N) is 2. The SMILES string of the molecule is CCNC(=NCc1cc(OC)c(O)c(OC)c1)NCC1CCCN(C)C1c1cccs1. The molecule has 2 atom stereocenters. The lowest BCUT2D eigenvalue weighted by molar-refractivity contribution is 0.125. The average molecular weight is 447 g/mol. The van der Waals surface area contributed by atoms with E-state index in [1.165, 1.54) is 31.9 Å². The van der Waals surface area contributed by atoms with Gasteiger partial charge in [-0.1, -0.05) is 6.07 Å². The van der Waals surface area contributed by atoms with Crippen molar-refractivity contribution in [1.82, 2.24) is 15.5 Å². The first kappa shape index (κ1) is 23.2. The molecular weight excluding hydrogens is 412 g/mol. The Morgan fingerprint density at radius 2 is 2.00 bits per heavy atom. The van der Waals surface area contributed by atoms with Gasteiger partial charge in [0.05, 0.1) is 20.8 Å². The summed E-state index contributed by atoms with van der Waals surface area (Å²) in [5, 5.41) is 19.2. The summed E-state index contributed by atoms with van der Waals surface area (Å²) in [7, 11) is 5.28. The third-order valence-electron chi connectivity index (χ3n) is 5.68. The van der Waals surface area contributed by atoms with Crippen LogP contribution < -0.4 is 20.1 Å². The van der Waals surface area contributed by atoms with Crippen LogP contribution in [0.25, 0.3) is 0 Å². The number of aliphatic imine (C=N–C) groups is 1. The number of phenols is 1. The highest BCUT2D eigenvalue weighted by atomic mass is 32.1. The molecular formula is C23H34N4O3S. The van der Waals surface area contributed by atoms with E-state index >= 15 is 0 Å². The number of piperidine rings is 1. The summed E-state index contributed by atoms with van der Waals surface area (Å²) in [6.07, 6.45) is 2.41. The number of nitrogens with one attached hydrogen (secondary N) is 2. The maximum atomic E-state index is 10.1. The molecule has 2 aromatic rings. The molecule has 7 nitrogen and oxygen atoms in total. The van der Waals surface area contributed by atoms with Crippen molar-refractivity contribution in [3.05, 3.63) is 40.1 Å². The van der Waals surface area contributed by atoms with Gasteiger partial charge < -0.3 is 25.2 Å². The maximum absolute atomic E-state index is 10.1. The number of guanidine groups is 1. The third-order valence-corrected chi connectivity index (χ3v) is 6.62. The fourth-order valence-corrected chi connectivity index (χ4v) is 5.14. The Morgan fingerprint density at radius 1 is 1.26 bits per heavy atom. The molecule has 3 rings (SSSR count). The smallest absolute Gasteiger partial charge is 0.200 e. The van der Waals surface area contributed by atoms with Crippen molar-refractivity contribution in [2.24, 2.45) is 10.9 Å². The van der Waals surface area contributed by atoms with E-state index in [9.17, 15) is 5.11 Å². The van der Waals surface area contributed by atoms with Gasteiger partial charge in [0.2, 0.25) is 5.75 Å². The number of methoxy groups -OCH3 is 2. The Bertz CT molecular complexity index is 832. The molecule has 0 radical (unpaired) electrons. The Labute approximate surface area is 189 Å². The quantitative estimate of drug-likeness (QED) is 0.425. The molecule has 8 heteroatoms. The highest BCUT2D eigenvalue weighted by molar-refractivity contribution is 7.10. The summed E-state index contributed by atoms with van der Waals surface area (Å²) in [5.74, 6) is 2.07. The Kier molecular flexibility index (Phi) is 8.43. The van der Waals surface area contributed by atoms with E-state index < -0.39 is 0 Å². The minimum Gasteiger partial charge on any atom is -0.502 e. The molecule has 31 heavy (non-hydrogen) atoms. The number of thiophene rings is 1. The van der Waals surface area contributed by atoms with Crippen LogP contribution in [0.5, 0.6) is 17.2 Å². The van der Waals surface area contributed by atoms with Gasteiger partial charge in [0.25, 0.3) is 0 Å². The number of phenolic OH excluding ortho intramolecular Hbond substituents is 1. The topological polar surface area (TPSA) is 78.4 Å². The van der Waals surface area contributed by atoms with Crippen molar-refractivity contribution in [2.75, 3.05) is 40.9 Å². The zero-order valence-corrected chi connectivity index (χ0v) is 19.7. The number of rotatable bonds is 8. The van der Waals surface area contributed by atoms with Gasteiger partial charge in [-0.2, -0.15) is 0 Å². The number of aromatic hydroxyl groups is 1. The molecule has 1 aliphatic rings. The predicted octanol–water partition coefficient (Wildman–Crippen LogP) is 3.61. The first-order valence-electron chi connectivity index (χ1n) is 10.8. The fraction of sp³-hybridized carbons (Fsp3) is 0.522. The summed E-state index contributed by atoms with van der Waals surface area (Å²) >= 11 is 1.84. The monoisotopic (exact) mass is 446 g/mol. The number of hydrogen-bond acceptors (Lipinski definition) is 6. The summed E-state index contributed by atoms with van der Waals surface area (Å²) in [4.78, 5) is 8.65. The van der Waals surface area contributed by atoms with E-state index in [0.29, 0.717) is 30.0 Å². The van der Waals surface area contributed by atoms with Gasteiger partial charge in [-0.15, -0.1) is 11.3 Å². The lowest BCUT2D eigenvalue weighted by Gasteiger charge is -2.39. The Morgan fingerprint density at radius 3 is 2.61 bits per heavy atom. The minimum absolute atomic E-state index is 0.00352. The first-order valence-corrected chi connectivity index (χ1v) is 11.6. The zero-order chi connectivity index (χ0) is 22.2. The Balaban J connectivity index is 1.70. The van der Waals surface area contributed by atoms with Gasteiger partial charge in [-0.25, -0.2) is 4.99 Å². The van der Waals surface area contributed by atoms with Crippen molar-refractivity contribution >= 4 is 17.3 Å². The molecule has 1 fully saturated rings. The molecule has 1 aromatic heterocycles. The van der Waals surface area contributed by atoms with Gasteiger partial charge in [0, 0.05) is 24.0 Å². The van der Waals surface area contributed by atoms with Crippen LogP contribution in [0.4, 0.5) is 0 Å². The standard InChI is InChI=1S/C23H34N4O3S/c1-5-24-23(25-14-16-12-18(29-3)22(28)19(13-16)30-4)26-15-17-8-6-10-27(2)21(17)20-9-7-11-31-20/h7,9,11-13,17,21,28H,5-6,8,10,14-15H2,1-4H3,(H2,24,25,26). The van der Waals surface area contributed by atoms with Gasteiger partial charge in [0.1, 0.15) is 0 Å². The second kappa shape index (κ2) is 11.2. The summed E-state index contributed by atoms with van der Waals surface area (Å²) in [6.45, 7) is 5.29. The molecule has 0 amide bonds. The van der Waals surface area contributed by atoms with E-state index in [1.54, 1.807) is 12.1 Å². The van der Waals surface area contributed by atoms with E-state index in [0.717, 1.165) is 31.2 Å². The second-order valence-corrected chi connectivity index (χ2v) is 8.75. The molecule has 2 unspecified atom stereocenters. The number of hydrogen-bond donors (Lipinski definition) is 3. The van der Waals surface area contributed by atoms with Crippen molar-refractivity contribution in [2.45, 2.75) is 32.4 Å². The van der Waals surface area contributed by atoms with Crippen molar-refractivity contribution in [3.63, 3.8) is 0 Å². The maximum Gasteiger partial charge on any atom is 0.200 e. The van der Waals surface area contributed by atoms with Crippen LogP contribution in [0, 0.1) is 5.92 Å². The molecule has 0 spiro atoms. The van der Waals surface area contributed by atoms with Gasteiger partial charge in [-0.3, -0.25) is 4.90 Å². The molecule has 1 aliphatic heterocycles. The highest BCUT2D eigenvalue weighted by Gasteiger charge is 2.31. The van der Waals surface area contributed by atoms with Crippen LogP contribution in [0.2, 0.25) is 0 Å². The molecule has 1 aromatic carbocycles. The van der Waals surface area contributed by atoms with E-state index in [-0.39, 0.29) is 5.75 Å². The number of ether oxygens (including phenoxy) is 2. The van der Waals surface area contributed by atoms with E-state index in [4.69, 9.17) is 14.5 Å². The van der Waals surface area contributed by atoms with Gasteiger partial charge in [0.15, 0.2) is 17.5 Å². The molecule has 2 heterocycles. The lowest BCUT2D eigenvalue weighted by atomic mass is 9.88. The van der Waals surface area contributed by atoms with E-state index in [1.807, 2.05) is 11.3 Å². The predicted molar refractivity (Wildman–Crippen MR) is 126 cm³/mol. The van der Waals surface area contributed by atoms with Crippen LogP contribution in [-0.2, 0) is 6.54 Å².